The van der Waals surface area contributed by atoms with Crippen LogP contribution in [0.25, 0.3) is 11.4 Å². The lowest BCUT2D eigenvalue weighted by molar-refractivity contribution is -0.128. The molecule has 2 heterocycles. The highest BCUT2D eigenvalue weighted by Gasteiger charge is 2.49. The second-order valence-corrected chi connectivity index (χ2v) is 9.04. The van der Waals surface area contributed by atoms with Gasteiger partial charge in [-0.1, -0.05) is 44.2 Å². The van der Waals surface area contributed by atoms with Gasteiger partial charge in [0.1, 0.15) is 5.78 Å². The molecule has 0 unspecified atom stereocenters. The van der Waals surface area contributed by atoms with E-state index in [0.29, 0.717) is 18.1 Å². The maximum absolute atomic E-state index is 12.5. The monoisotopic (exact) mass is 397 g/mol. The van der Waals surface area contributed by atoms with Crippen LogP contribution in [0.4, 0.5) is 0 Å². The standard InChI is InChI=1S/C26H27N3O/c1-17-21-9-8-20-22(16-18-6-4-3-5-7-18)28-25(19-11-14-27-15-12-19)29-24(20)26(21,2)13-10-23(17)30/h3-7,11-12,14-15,17,21H,8-10,13,16H2,1-2H3/t17-,21-,26-/m1/s1. The minimum atomic E-state index is -0.0724. The summed E-state index contributed by atoms with van der Waals surface area (Å²) < 4.78 is 0. The van der Waals surface area contributed by atoms with Gasteiger partial charge in [-0.3, -0.25) is 9.78 Å². The first kappa shape index (κ1) is 19.1. The van der Waals surface area contributed by atoms with Gasteiger partial charge in [0, 0.05) is 42.1 Å². The maximum Gasteiger partial charge on any atom is 0.159 e. The first-order chi connectivity index (χ1) is 14.6. The number of benzene rings is 1. The minimum absolute atomic E-state index is 0.0724. The predicted molar refractivity (Wildman–Crippen MR) is 117 cm³/mol. The van der Waals surface area contributed by atoms with Gasteiger partial charge in [0.15, 0.2) is 5.82 Å². The SMILES string of the molecule is C[C@H]1C(=O)CC[C@@]2(C)c3nc(-c4ccncc4)nc(Cc4ccccc4)c3CC[C@H]12. The Hall–Kier alpha value is -2.88. The minimum Gasteiger partial charge on any atom is -0.299 e. The topological polar surface area (TPSA) is 55.7 Å². The highest BCUT2D eigenvalue weighted by Crippen LogP contribution is 2.51. The molecule has 3 aromatic rings. The van der Waals surface area contributed by atoms with Gasteiger partial charge in [0.05, 0.1) is 11.4 Å². The van der Waals surface area contributed by atoms with Crippen LogP contribution in [0.3, 0.4) is 0 Å². The van der Waals surface area contributed by atoms with E-state index in [0.717, 1.165) is 42.8 Å². The highest BCUT2D eigenvalue weighted by molar-refractivity contribution is 5.82. The zero-order chi connectivity index (χ0) is 20.7. The molecule has 2 aliphatic carbocycles. The summed E-state index contributed by atoms with van der Waals surface area (Å²) in [4.78, 5) is 26.8. The van der Waals surface area contributed by atoms with Gasteiger partial charge in [0.25, 0.3) is 0 Å². The molecule has 30 heavy (non-hydrogen) atoms. The van der Waals surface area contributed by atoms with Gasteiger partial charge in [0.2, 0.25) is 0 Å². The summed E-state index contributed by atoms with van der Waals surface area (Å²) in [5, 5.41) is 0. The zero-order valence-electron chi connectivity index (χ0n) is 17.6. The molecule has 1 aromatic carbocycles. The summed E-state index contributed by atoms with van der Waals surface area (Å²) in [6.07, 6.45) is 7.91. The highest BCUT2D eigenvalue weighted by atomic mass is 16.1. The van der Waals surface area contributed by atoms with Crippen LogP contribution in [0.1, 0.15) is 55.6 Å². The molecule has 1 saturated carbocycles. The molecule has 5 rings (SSSR count). The number of Topliss-reactive ketones (excluding diaryl/α,β-unsaturated/α-hetero) is 1. The Morgan fingerprint density at radius 3 is 2.57 bits per heavy atom. The molecular weight excluding hydrogens is 370 g/mol. The molecule has 152 valence electrons. The molecule has 2 aliphatic rings. The van der Waals surface area contributed by atoms with Crippen molar-refractivity contribution in [2.24, 2.45) is 11.8 Å². The number of fused-ring (bicyclic) bond motifs is 3. The first-order valence-electron chi connectivity index (χ1n) is 10.9. The third-order valence-electron chi connectivity index (χ3n) is 7.31. The van der Waals surface area contributed by atoms with Crippen molar-refractivity contribution in [2.75, 3.05) is 0 Å². The van der Waals surface area contributed by atoms with Gasteiger partial charge >= 0.3 is 0 Å². The number of hydrogen-bond donors (Lipinski definition) is 0. The van der Waals surface area contributed by atoms with Crippen LogP contribution in [0, 0.1) is 11.8 Å². The Kier molecular flexibility index (Phi) is 4.73. The van der Waals surface area contributed by atoms with Crippen LogP contribution >= 0.6 is 0 Å². The molecule has 0 saturated heterocycles. The van der Waals surface area contributed by atoms with Crippen LogP contribution in [0.2, 0.25) is 0 Å². The van der Waals surface area contributed by atoms with Crippen molar-refractivity contribution in [1.29, 1.82) is 0 Å². The summed E-state index contributed by atoms with van der Waals surface area (Å²) >= 11 is 0. The smallest absolute Gasteiger partial charge is 0.159 e. The molecule has 0 amide bonds. The lowest BCUT2D eigenvalue weighted by Gasteiger charge is -2.48. The Morgan fingerprint density at radius 1 is 1.03 bits per heavy atom. The summed E-state index contributed by atoms with van der Waals surface area (Å²) in [5.74, 6) is 1.65. The fourth-order valence-corrected chi connectivity index (χ4v) is 5.57. The molecule has 1 fully saturated rings. The summed E-state index contributed by atoms with van der Waals surface area (Å²) in [7, 11) is 0. The molecule has 0 aliphatic heterocycles. The molecular formula is C26H27N3O. The molecule has 4 nitrogen and oxygen atoms in total. The fourth-order valence-electron chi connectivity index (χ4n) is 5.57. The number of pyridine rings is 1. The molecule has 3 atom stereocenters. The zero-order valence-corrected chi connectivity index (χ0v) is 17.6. The van der Waals surface area contributed by atoms with Crippen molar-refractivity contribution in [1.82, 2.24) is 15.0 Å². The summed E-state index contributed by atoms with van der Waals surface area (Å²) in [6.45, 7) is 4.44. The van der Waals surface area contributed by atoms with E-state index in [2.05, 4.69) is 43.1 Å². The number of ketones is 1. The molecule has 0 bridgehead atoms. The quantitative estimate of drug-likeness (QED) is 0.628. The molecule has 0 spiro atoms. The normalized spacial score (nSPS) is 25.5. The van der Waals surface area contributed by atoms with Crippen LogP contribution in [-0.4, -0.2) is 20.7 Å². The van der Waals surface area contributed by atoms with Crippen LogP contribution < -0.4 is 0 Å². The van der Waals surface area contributed by atoms with E-state index in [9.17, 15) is 4.79 Å². The second kappa shape index (κ2) is 7.42. The van der Waals surface area contributed by atoms with Gasteiger partial charge < -0.3 is 0 Å². The van der Waals surface area contributed by atoms with E-state index in [4.69, 9.17) is 9.97 Å². The predicted octanol–water partition coefficient (Wildman–Crippen LogP) is 4.95. The van der Waals surface area contributed by atoms with E-state index in [1.165, 1.54) is 16.8 Å². The Morgan fingerprint density at radius 2 is 1.80 bits per heavy atom. The van der Waals surface area contributed by atoms with Crippen molar-refractivity contribution in [2.45, 2.75) is 51.4 Å². The first-order valence-corrected chi connectivity index (χ1v) is 10.9. The number of nitrogens with zero attached hydrogens (tertiary/aromatic N) is 3. The van der Waals surface area contributed by atoms with Gasteiger partial charge in [-0.25, -0.2) is 9.97 Å². The Labute approximate surface area is 177 Å². The largest absolute Gasteiger partial charge is 0.299 e. The summed E-state index contributed by atoms with van der Waals surface area (Å²) in [5.41, 5.74) is 5.79. The number of aromatic nitrogens is 3. The number of rotatable bonds is 3. The number of carbonyl (C=O) groups excluding carboxylic acids is 1. The third kappa shape index (κ3) is 3.15. The lowest BCUT2D eigenvalue weighted by Crippen LogP contribution is -2.47. The summed E-state index contributed by atoms with van der Waals surface area (Å²) in [6, 6.07) is 14.5. The van der Waals surface area contributed by atoms with Crippen molar-refractivity contribution < 1.29 is 4.79 Å². The third-order valence-corrected chi connectivity index (χ3v) is 7.31. The fraction of sp³-hybridized carbons (Fsp3) is 0.385. The van der Waals surface area contributed by atoms with E-state index in [1.807, 2.05) is 18.2 Å². The van der Waals surface area contributed by atoms with Crippen molar-refractivity contribution in [3.8, 4) is 11.4 Å². The molecule has 2 aromatic heterocycles. The Bertz CT molecular complexity index is 1080. The van der Waals surface area contributed by atoms with Crippen LogP contribution in [-0.2, 0) is 23.1 Å². The van der Waals surface area contributed by atoms with Crippen molar-refractivity contribution in [3.05, 3.63) is 77.4 Å². The van der Waals surface area contributed by atoms with Crippen LogP contribution in [0.15, 0.2) is 54.9 Å². The molecule has 4 heteroatoms. The van der Waals surface area contributed by atoms with Gasteiger partial charge in [-0.15, -0.1) is 0 Å². The molecule has 0 N–H and O–H groups in total. The Balaban J connectivity index is 1.68. The van der Waals surface area contributed by atoms with Gasteiger partial charge in [-0.05, 0) is 48.4 Å². The average Bonchev–Trinajstić information content (AvgIpc) is 2.78. The van der Waals surface area contributed by atoms with E-state index < -0.39 is 0 Å². The van der Waals surface area contributed by atoms with E-state index >= 15 is 0 Å². The van der Waals surface area contributed by atoms with Crippen molar-refractivity contribution in [3.63, 3.8) is 0 Å². The van der Waals surface area contributed by atoms with Gasteiger partial charge in [-0.2, -0.15) is 0 Å². The maximum atomic E-state index is 12.5. The second-order valence-electron chi connectivity index (χ2n) is 9.04. The number of hydrogen-bond acceptors (Lipinski definition) is 4. The lowest BCUT2D eigenvalue weighted by atomic mass is 9.56. The average molecular weight is 398 g/mol. The van der Waals surface area contributed by atoms with Crippen molar-refractivity contribution >= 4 is 5.78 Å². The van der Waals surface area contributed by atoms with E-state index in [-0.39, 0.29) is 11.3 Å². The van der Waals surface area contributed by atoms with Crippen LogP contribution in [0.5, 0.6) is 0 Å². The van der Waals surface area contributed by atoms with E-state index in [1.54, 1.807) is 12.4 Å². The molecule has 0 radical (unpaired) electrons. The number of carbonyl (C=O) groups is 1.